The minimum Gasteiger partial charge on any atom is -0.362 e. The zero-order valence-electron chi connectivity index (χ0n) is 11.2. The number of nitrogens with zero attached hydrogens (tertiary/aromatic N) is 7. The van der Waals surface area contributed by atoms with Gasteiger partial charge in [0.1, 0.15) is 17.3 Å². The van der Waals surface area contributed by atoms with Gasteiger partial charge in [-0.15, -0.1) is 5.10 Å². The van der Waals surface area contributed by atoms with Crippen molar-refractivity contribution >= 4 is 29.2 Å². The van der Waals surface area contributed by atoms with Gasteiger partial charge in [-0.3, -0.25) is 0 Å². The third-order valence-electron chi connectivity index (χ3n) is 2.99. The Morgan fingerprint density at radius 2 is 2.20 bits per heavy atom. The Bertz CT molecular complexity index is 611. The molecule has 2 aromatic heterocycles. The summed E-state index contributed by atoms with van der Waals surface area (Å²) in [5.74, 6) is 1.46. The lowest BCUT2D eigenvalue weighted by Crippen LogP contribution is -2.14. The minimum atomic E-state index is 0.461. The Labute approximate surface area is 125 Å². The second-order valence-electron chi connectivity index (χ2n) is 4.79. The van der Waals surface area contributed by atoms with Gasteiger partial charge in [0, 0.05) is 25.4 Å². The highest BCUT2D eigenvalue weighted by Crippen LogP contribution is 2.37. The van der Waals surface area contributed by atoms with Crippen molar-refractivity contribution in [2.24, 2.45) is 0 Å². The van der Waals surface area contributed by atoms with E-state index in [1.165, 1.54) is 6.33 Å². The lowest BCUT2D eigenvalue weighted by Gasteiger charge is -2.15. The first kappa shape index (κ1) is 13.6. The molecule has 0 aliphatic heterocycles. The van der Waals surface area contributed by atoms with E-state index in [4.69, 9.17) is 11.6 Å². The van der Waals surface area contributed by atoms with E-state index in [1.54, 1.807) is 11.8 Å². The fourth-order valence-corrected chi connectivity index (χ4v) is 3.08. The molecule has 0 amide bonds. The van der Waals surface area contributed by atoms with Gasteiger partial charge in [0.05, 0.1) is 6.04 Å². The van der Waals surface area contributed by atoms with E-state index in [9.17, 15) is 0 Å². The molecule has 20 heavy (non-hydrogen) atoms. The van der Waals surface area contributed by atoms with Crippen LogP contribution in [0.15, 0.2) is 11.5 Å². The molecule has 1 aliphatic carbocycles. The first-order valence-electron chi connectivity index (χ1n) is 6.24. The molecule has 0 unspecified atom stereocenters. The molecular weight excluding hydrogens is 298 g/mol. The average Bonchev–Trinajstić information content (AvgIpc) is 3.16. The standard InChI is InChI=1S/C11H14ClN7S/c1-18(2)10-8(9(12)13-6-14-10)5-20-11-15-16-17-19(11)7-3-4-7/h6-7H,3-5H2,1-2H3. The van der Waals surface area contributed by atoms with Crippen LogP contribution in [0.4, 0.5) is 5.82 Å². The molecule has 1 saturated carbocycles. The van der Waals surface area contributed by atoms with Crippen molar-refractivity contribution in [1.82, 2.24) is 30.2 Å². The molecule has 1 fully saturated rings. The highest BCUT2D eigenvalue weighted by atomic mass is 35.5. The Morgan fingerprint density at radius 3 is 2.90 bits per heavy atom. The second-order valence-corrected chi connectivity index (χ2v) is 6.09. The third kappa shape index (κ3) is 2.71. The summed E-state index contributed by atoms with van der Waals surface area (Å²) in [4.78, 5) is 10.2. The normalized spacial score (nSPS) is 14.6. The van der Waals surface area contributed by atoms with Crippen molar-refractivity contribution in [3.63, 3.8) is 0 Å². The van der Waals surface area contributed by atoms with Crippen LogP contribution in [0.25, 0.3) is 0 Å². The zero-order chi connectivity index (χ0) is 14.1. The van der Waals surface area contributed by atoms with E-state index >= 15 is 0 Å². The topological polar surface area (TPSA) is 72.6 Å². The van der Waals surface area contributed by atoms with Crippen LogP contribution in [-0.2, 0) is 5.75 Å². The van der Waals surface area contributed by atoms with Crippen molar-refractivity contribution < 1.29 is 0 Å². The largest absolute Gasteiger partial charge is 0.362 e. The molecule has 1 aliphatic rings. The Hall–Kier alpha value is -1.41. The van der Waals surface area contributed by atoms with E-state index in [0.29, 0.717) is 16.9 Å². The number of hydrogen-bond donors (Lipinski definition) is 0. The summed E-state index contributed by atoms with van der Waals surface area (Å²) in [5, 5.41) is 13.1. The van der Waals surface area contributed by atoms with Crippen LogP contribution in [0.1, 0.15) is 24.4 Å². The number of thioether (sulfide) groups is 1. The van der Waals surface area contributed by atoms with E-state index < -0.39 is 0 Å². The van der Waals surface area contributed by atoms with Crippen LogP contribution >= 0.6 is 23.4 Å². The van der Waals surface area contributed by atoms with Crippen molar-refractivity contribution in [2.75, 3.05) is 19.0 Å². The van der Waals surface area contributed by atoms with Crippen LogP contribution in [0, 0.1) is 0 Å². The van der Waals surface area contributed by atoms with Crippen molar-refractivity contribution in [3.05, 3.63) is 17.0 Å². The summed E-state index contributed by atoms with van der Waals surface area (Å²) in [6, 6.07) is 0.461. The van der Waals surface area contributed by atoms with Gasteiger partial charge in [0.15, 0.2) is 0 Å². The Kier molecular flexibility index (Phi) is 3.75. The van der Waals surface area contributed by atoms with E-state index in [0.717, 1.165) is 29.4 Å². The molecule has 0 saturated heterocycles. The third-order valence-corrected chi connectivity index (χ3v) is 4.28. The molecule has 0 atom stereocenters. The van der Waals surface area contributed by atoms with Gasteiger partial charge in [-0.05, 0) is 23.3 Å². The maximum atomic E-state index is 6.18. The van der Waals surface area contributed by atoms with Crippen molar-refractivity contribution in [3.8, 4) is 0 Å². The first-order valence-corrected chi connectivity index (χ1v) is 7.60. The molecule has 0 radical (unpaired) electrons. The lowest BCUT2D eigenvalue weighted by molar-refractivity contribution is 0.565. The number of halogens is 1. The summed E-state index contributed by atoms with van der Waals surface area (Å²) in [6.45, 7) is 0. The predicted molar refractivity (Wildman–Crippen MR) is 77.0 cm³/mol. The van der Waals surface area contributed by atoms with Crippen LogP contribution in [-0.4, -0.2) is 44.3 Å². The summed E-state index contributed by atoms with van der Waals surface area (Å²) in [5.41, 5.74) is 0.898. The molecule has 0 aromatic carbocycles. The van der Waals surface area contributed by atoms with Gasteiger partial charge < -0.3 is 4.90 Å². The lowest BCUT2D eigenvalue weighted by atomic mass is 10.3. The highest BCUT2D eigenvalue weighted by Gasteiger charge is 2.28. The quantitative estimate of drug-likeness (QED) is 0.616. The van der Waals surface area contributed by atoms with Gasteiger partial charge in [0.2, 0.25) is 5.16 Å². The maximum absolute atomic E-state index is 6.18. The number of rotatable bonds is 5. The van der Waals surface area contributed by atoms with Crippen molar-refractivity contribution in [1.29, 1.82) is 0 Å². The number of tetrazole rings is 1. The fourth-order valence-electron chi connectivity index (χ4n) is 1.86. The van der Waals surface area contributed by atoms with Gasteiger partial charge in [-0.25, -0.2) is 14.6 Å². The highest BCUT2D eigenvalue weighted by molar-refractivity contribution is 7.98. The average molecular weight is 312 g/mol. The number of aromatic nitrogens is 6. The molecule has 9 heteroatoms. The van der Waals surface area contributed by atoms with Gasteiger partial charge in [0.25, 0.3) is 0 Å². The van der Waals surface area contributed by atoms with Gasteiger partial charge >= 0.3 is 0 Å². The van der Waals surface area contributed by atoms with Crippen LogP contribution in [0.3, 0.4) is 0 Å². The molecule has 2 aromatic rings. The minimum absolute atomic E-state index is 0.461. The Balaban J connectivity index is 1.79. The molecule has 0 N–H and O–H groups in total. The summed E-state index contributed by atoms with van der Waals surface area (Å²) < 4.78 is 1.89. The Morgan fingerprint density at radius 1 is 1.40 bits per heavy atom. The molecule has 106 valence electrons. The molecule has 0 bridgehead atoms. The molecule has 7 nitrogen and oxygen atoms in total. The molecule has 3 rings (SSSR count). The fraction of sp³-hybridized carbons (Fsp3) is 0.545. The second kappa shape index (κ2) is 5.53. The van der Waals surface area contributed by atoms with Gasteiger partial charge in [-0.1, -0.05) is 23.4 Å². The number of hydrogen-bond acceptors (Lipinski definition) is 7. The van der Waals surface area contributed by atoms with Crippen LogP contribution in [0.2, 0.25) is 5.15 Å². The van der Waals surface area contributed by atoms with E-state index in [2.05, 4.69) is 25.5 Å². The first-order chi connectivity index (χ1) is 9.66. The summed E-state index contributed by atoms with van der Waals surface area (Å²) >= 11 is 7.74. The maximum Gasteiger partial charge on any atom is 0.209 e. The van der Waals surface area contributed by atoms with E-state index in [-0.39, 0.29) is 0 Å². The molecular formula is C11H14ClN7S. The summed E-state index contributed by atoms with van der Waals surface area (Å²) in [6.07, 6.45) is 3.77. The van der Waals surface area contributed by atoms with Crippen LogP contribution in [0.5, 0.6) is 0 Å². The van der Waals surface area contributed by atoms with Crippen LogP contribution < -0.4 is 4.90 Å². The SMILES string of the molecule is CN(C)c1ncnc(Cl)c1CSc1nnnn1C1CC1. The number of anilines is 1. The zero-order valence-corrected chi connectivity index (χ0v) is 12.8. The van der Waals surface area contributed by atoms with E-state index in [1.807, 2.05) is 23.7 Å². The molecule has 2 heterocycles. The smallest absolute Gasteiger partial charge is 0.209 e. The monoisotopic (exact) mass is 311 g/mol. The predicted octanol–water partition coefficient (Wildman–Crippen LogP) is 1.81. The molecule has 0 spiro atoms. The summed E-state index contributed by atoms with van der Waals surface area (Å²) in [7, 11) is 3.86. The van der Waals surface area contributed by atoms with Gasteiger partial charge in [-0.2, -0.15) is 0 Å². The van der Waals surface area contributed by atoms with Crippen molar-refractivity contribution in [2.45, 2.75) is 29.8 Å².